The van der Waals surface area contributed by atoms with Gasteiger partial charge in [0.25, 0.3) is 0 Å². The van der Waals surface area contributed by atoms with Crippen molar-refractivity contribution in [3.63, 3.8) is 0 Å². The normalized spacial score (nSPS) is 11.8. The van der Waals surface area contributed by atoms with E-state index in [-0.39, 0.29) is 0 Å². The second kappa shape index (κ2) is 6.15. The average molecular weight is 237 g/mol. The van der Waals surface area contributed by atoms with Gasteiger partial charge in [-0.3, -0.25) is 0 Å². The fraction of sp³-hybridized carbons (Fsp3) is 0.571. The van der Waals surface area contributed by atoms with Crippen LogP contribution in [0, 0.1) is 13.8 Å². The minimum Gasteiger partial charge on any atom is -0.345 e. The highest BCUT2D eigenvalue weighted by atomic mass is 16.7. The predicted molar refractivity (Wildman–Crippen MR) is 69.9 cm³/mol. The first-order valence-electron chi connectivity index (χ1n) is 6.15. The van der Waals surface area contributed by atoms with E-state index < -0.39 is 5.79 Å². The highest BCUT2D eigenvalue weighted by molar-refractivity contribution is 5.32. The summed E-state index contributed by atoms with van der Waals surface area (Å²) < 4.78 is 11.5. The minimum atomic E-state index is -0.804. The second-order valence-corrected chi connectivity index (χ2v) is 4.12. The molecule has 0 unspecified atom stereocenters. The van der Waals surface area contributed by atoms with E-state index in [0.29, 0.717) is 19.8 Å². The van der Waals surface area contributed by atoms with Crippen molar-refractivity contribution in [2.75, 3.05) is 19.8 Å². The van der Waals surface area contributed by atoms with Gasteiger partial charge in [-0.15, -0.1) is 0 Å². The molecule has 0 radical (unpaired) electrons. The molecule has 0 aliphatic carbocycles. The van der Waals surface area contributed by atoms with Gasteiger partial charge >= 0.3 is 0 Å². The van der Waals surface area contributed by atoms with Gasteiger partial charge in [-0.05, 0) is 38.8 Å². The van der Waals surface area contributed by atoms with Gasteiger partial charge in [0.1, 0.15) is 0 Å². The van der Waals surface area contributed by atoms with Gasteiger partial charge in [-0.1, -0.05) is 18.2 Å². The van der Waals surface area contributed by atoms with Gasteiger partial charge in [-0.25, -0.2) is 0 Å². The van der Waals surface area contributed by atoms with E-state index in [4.69, 9.17) is 15.2 Å². The Morgan fingerprint density at radius 2 is 1.65 bits per heavy atom. The van der Waals surface area contributed by atoms with Gasteiger partial charge in [-0.2, -0.15) is 0 Å². The van der Waals surface area contributed by atoms with Crippen LogP contribution >= 0.6 is 0 Å². The lowest BCUT2D eigenvalue weighted by Gasteiger charge is -2.32. The van der Waals surface area contributed by atoms with E-state index in [1.54, 1.807) is 0 Å². The van der Waals surface area contributed by atoms with E-state index >= 15 is 0 Å². The number of ether oxygens (including phenoxy) is 2. The third kappa shape index (κ3) is 3.06. The van der Waals surface area contributed by atoms with Crippen molar-refractivity contribution in [2.45, 2.75) is 33.5 Å². The Hall–Kier alpha value is -0.900. The number of rotatable bonds is 6. The molecule has 0 amide bonds. The first kappa shape index (κ1) is 14.2. The molecule has 3 nitrogen and oxygen atoms in total. The molecular weight excluding hydrogens is 214 g/mol. The molecule has 0 saturated carbocycles. The highest BCUT2D eigenvalue weighted by Gasteiger charge is 2.32. The molecule has 0 atom stereocenters. The van der Waals surface area contributed by atoms with Crippen molar-refractivity contribution >= 4 is 0 Å². The molecule has 0 heterocycles. The topological polar surface area (TPSA) is 44.5 Å². The average Bonchev–Trinajstić information content (AvgIpc) is 2.32. The van der Waals surface area contributed by atoms with Crippen LogP contribution in [0.4, 0.5) is 0 Å². The number of hydrogen-bond donors (Lipinski definition) is 1. The molecule has 2 N–H and O–H groups in total. The maximum Gasteiger partial charge on any atom is 0.207 e. The first-order valence-corrected chi connectivity index (χ1v) is 6.15. The Kier molecular flexibility index (Phi) is 5.12. The molecule has 17 heavy (non-hydrogen) atoms. The monoisotopic (exact) mass is 237 g/mol. The fourth-order valence-corrected chi connectivity index (χ4v) is 1.89. The van der Waals surface area contributed by atoms with Gasteiger partial charge in [0.05, 0.1) is 6.54 Å². The van der Waals surface area contributed by atoms with Crippen molar-refractivity contribution in [2.24, 2.45) is 5.73 Å². The van der Waals surface area contributed by atoms with Crippen LogP contribution in [0.2, 0.25) is 0 Å². The van der Waals surface area contributed by atoms with E-state index in [0.717, 1.165) is 5.56 Å². The summed E-state index contributed by atoms with van der Waals surface area (Å²) in [4.78, 5) is 0. The van der Waals surface area contributed by atoms with E-state index in [1.165, 1.54) is 11.1 Å². The Labute approximate surface area is 104 Å². The summed E-state index contributed by atoms with van der Waals surface area (Å²) >= 11 is 0. The number of aryl methyl sites for hydroxylation is 2. The summed E-state index contributed by atoms with van der Waals surface area (Å²) in [5.74, 6) is -0.804. The fourth-order valence-electron chi connectivity index (χ4n) is 1.89. The highest BCUT2D eigenvalue weighted by Crippen LogP contribution is 2.28. The predicted octanol–water partition coefficient (Wildman–Crippen LogP) is 2.49. The van der Waals surface area contributed by atoms with Crippen LogP contribution in [-0.4, -0.2) is 19.8 Å². The van der Waals surface area contributed by atoms with E-state index in [9.17, 15) is 0 Å². The Bertz CT molecular complexity index is 357. The van der Waals surface area contributed by atoms with E-state index in [1.807, 2.05) is 19.9 Å². The zero-order valence-electron chi connectivity index (χ0n) is 11.2. The first-order chi connectivity index (χ1) is 8.09. The minimum absolute atomic E-state index is 0.317. The van der Waals surface area contributed by atoms with Crippen molar-refractivity contribution in [1.82, 2.24) is 0 Å². The molecule has 3 heteroatoms. The maximum atomic E-state index is 5.85. The van der Waals surface area contributed by atoms with Gasteiger partial charge < -0.3 is 15.2 Å². The number of benzene rings is 1. The number of hydrogen-bond acceptors (Lipinski definition) is 3. The molecule has 0 aliphatic rings. The smallest absolute Gasteiger partial charge is 0.207 e. The van der Waals surface area contributed by atoms with Crippen LogP contribution < -0.4 is 5.73 Å². The molecule has 0 aromatic heterocycles. The molecule has 0 spiro atoms. The van der Waals surface area contributed by atoms with Crippen LogP contribution in [-0.2, 0) is 15.3 Å². The van der Waals surface area contributed by atoms with Crippen LogP contribution in [0.15, 0.2) is 18.2 Å². The maximum absolute atomic E-state index is 5.85. The van der Waals surface area contributed by atoms with Crippen LogP contribution in [0.1, 0.15) is 30.5 Å². The third-order valence-electron chi connectivity index (χ3n) is 2.97. The molecule has 96 valence electrons. The molecule has 1 aromatic carbocycles. The Morgan fingerprint density at radius 3 is 2.06 bits per heavy atom. The lowest BCUT2D eigenvalue weighted by atomic mass is 10.00. The quantitative estimate of drug-likeness (QED) is 0.773. The SMILES string of the molecule is CCOC(CN)(OCC)c1ccc(C)c(C)c1. The van der Waals surface area contributed by atoms with Crippen molar-refractivity contribution in [3.05, 3.63) is 34.9 Å². The molecule has 0 bridgehead atoms. The van der Waals surface area contributed by atoms with Crippen LogP contribution in [0.5, 0.6) is 0 Å². The van der Waals surface area contributed by atoms with Crippen LogP contribution in [0.25, 0.3) is 0 Å². The Morgan fingerprint density at radius 1 is 1.06 bits per heavy atom. The van der Waals surface area contributed by atoms with Crippen molar-refractivity contribution in [3.8, 4) is 0 Å². The van der Waals surface area contributed by atoms with Gasteiger partial charge in [0.15, 0.2) is 0 Å². The van der Waals surface area contributed by atoms with Crippen molar-refractivity contribution < 1.29 is 9.47 Å². The molecule has 1 rings (SSSR count). The zero-order valence-corrected chi connectivity index (χ0v) is 11.2. The lowest BCUT2D eigenvalue weighted by molar-refractivity contribution is -0.235. The lowest BCUT2D eigenvalue weighted by Crippen LogP contribution is -2.41. The Balaban J connectivity index is 3.14. The summed E-state index contributed by atoms with van der Waals surface area (Å²) in [6.07, 6.45) is 0. The largest absolute Gasteiger partial charge is 0.345 e. The second-order valence-electron chi connectivity index (χ2n) is 4.12. The standard InChI is InChI=1S/C14H23NO2/c1-5-16-14(10-15,17-6-2)13-8-7-11(3)12(4)9-13/h7-9H,5-6,10,15H2,1-4H3. The van der Waals surface area contributed by atoms with Gasteiger partial charge in [0, 0.05) is 18.8 Å². The van der Waals surface area contributed by atoms with E-state index in [2.05, 4.69) is 26.0 Å². The van der Waals surface area contributed by atoms with Crippen molar-refractivity contribution in [1.29, 1.82) is 0 Å². The molecular formula is C14H23NO2. The third-order valence-corrected chi connectivity index (χ3v) is 2.97. The molecule has 0 fully saturated rings. The summed E-state index contributed by atoms with van der Waals surface area (Å²) in [7, 11) is 0. The summed E-state index contributed by atoms with van der Waals surface area (Å²) in [5.41, 5.74) is 9.32. The van der Waals surface area contributed by atoms with Crippen LogP contribution in [0.3, 0.4) is 0 Å². The molecule has 0 aliphatic heterocycles. The summed E-state index contributed by atoms with van der Waals surface area (Å²) in [6.45, 7) is 9.53. The van der Waals surface area contributed by atoms with Gasteiger partial charge in [0.2, 0.25) is 5.79 Å². The summed E-state index contributed by atoms with van der Waals surface area (Å²) in [6, 6.07) is 6.20. The zero-order chi connectivity index (χ0) is 12.9. The molecule has 0 saturated heterocycles. The summed E-state index contributed by atoms with van der Waals surface area (Å²) in [5, 5.41) is 0. The molecule has 1 aromatic rings. The number of nitrogens with two attached hydrogens (primary N) is 1.